The number of hydrogen-bond donors (Lipinski definition) is 0. The molecule has 17 heavy (non-hydrogen) atoms. The first-order valence-corrected chi connectivity index (χ1v) is 5.55. The van der Waals surface area contributed by atoms with Crippen LogP contribution in [0.2, 0.25) is 0 Å². The van der Waals surface area contributed by atoms with Crippen molar-refractivity contribution < 1.29 is 17.6 Å². The van der Waals surface area contributed by atoms with Crippen molar-refractivity contribution in [2.75, 3.05) is 3.94 Å². The van der Waals surface area contributed by atoms with E-state index in [-0.39, 0.29) is 10.4 Å². The van der Waals surface area contributed by atoms with E-state index in [9.17, 15) is 17.6 Å². The maximum absolute atomic E-state index is 13.5. The van der Waals surface area contributed by atoms with Gasteiger partial charge in [0.2, 0.25) is 0 Å². The fourth-order valence-electron chi connectivity index (χ4n) is 1.39. The van der Waals surface area contributed by atoms with Crippen LogP contribution in [0.4, 0.5) is 23.2 Å². The lowest BCUT2D eigenvalue weighted by molar-refractivity contribution is 0.441. The van der Waals surface area contributed by atoms with E-state index < -0.39 is 34.5 Å². The molecule has 0 aliphatic heterocycles. The molecule has 1 aromatic carbocycles. The quantitative estimate of drug-likeness (QED) is 0.441. The third kappa shape index (κ3) is 2.77. The van der Waals surface area contributed by atoms with Crippen LogP contribution in [-0.4, -0.2) is 0 Å². The molecule has 7 heteroatoms. The average molecular weight is 290 g/mol. The summed E-state index contributed by atoms with van der Waals surface area (Å²) in [7, 11) is 0. The maximum atomic E-state index is 13.5. The summed E-state index contributed by atoms with van der Waals surface area (Å²) >= 11 is 10.2. The van der Waals surface area contributed by atoms with Gasteiger partial charge in [-0.05, 0) is 12.8 Å². The fourth-order valence-corrected chi connectivity index (χ4v) is 1.68. The third-order valence-corrected chi connectivity index (χ3v) is 2.62. The second kappa shape index (κ2) is 5.78. The summed E-state index contributed by atoms with van der Waals surface area (Å²) in [5.41, 5.74) is -1.77. The SMILES string of the molecule is CCCCc1c(F)c(F)c(N(Cl)Cl)c(F)c1F. The molecule has 0 saturated heterocycles. The molecule has 0 N–H and O–H groups in total. The average Bonchev–Trinajstić information content (AvgIpc) is 2.26. The first kappa shape index (κ1) is 14.4. The van der Waals surface area contributed by atoms with E-state index in [1.165, 1.54) is 0 Å². The van der Waals surface area contributed by atoms with Crippen LogP contribution in [0.15, 0.2) is 0 Å². The van der Waals surface area contributed by atoms with Crippen molar-refractivity contribution in [3.8, 4) is 0 Å². The summed E-state index contributed by atoms with van der Waals surface area (Å²) in [5.74, 6) is -6.11. The minimum Gasteiger partial charge on any atom is -0.203 e. The van der Waals surface area contributed by atoms with Crippen molar-refractivity contribution in [2.24, 2.45) is 0 Å². The van der Waals surface area contributed by atoms with Crippen LogP contribution in [0.25, 0.3) is 0 Å². The highest BCUT2D eigenvalue weighted by Crippen LogP contribution is 2.33. The van der Waals surface area contributed by atoms with Crippen LogP contribution in [0.3, 0.4) is 0 Å². The molecule has 0 fully saturated rings. The Morgan fingerprint density at radius 3 is 1.76 bits per heavy atom. The zero-order valence-corrected chi connectivity index (χ0v) is 10.3. The van der Waals surface area contributed by atoms with Crippen LogP contribution in [-0.2, 0) is 6.42 Å². The van der Waals surface area contributed by atoms with E-state index >= 15 is 0 Å². The smallest absolute Gasteiger partial charge is 0.188 e. The number of benzene rings is 1. The Morgan fingerprint density at radius 1 is 0.941 bits per heavy atom. The van der Waals surface area contributed by atoms with E-state index in [0.717, 1.165) is 0 Å². The molecular weight excluding hydrogens is 281 g/mol. The molecule has 96 valence electrons. The lowest BCUT2D eigenvalue weighted by Crippen LogP contribution is -2.09. The summed E-state index contributed by atoms with van der Waals surface area (Å²) < 4.78 is 53.7. The van der Waals surface area contributed by atoms with Crippen LogP contribution >= 0.6 is 23.6 Å². The molecular formula is C10H9Cl2F4N. The standard InChI is InChI=1S/C10H9Cl2F4N/c1-2-3-4-5-6(13)8(15)10(17(11)12)9(16)7(5)14/h2-4H2,1H3. The van der Waals surface area contributed by atoms with Gasteiger partial charge in [0.15, 0.2) is 23.3 Å². The lowest BCUT2D eigenvalue weighted by Gasteiger charge is -2.13. The van der Waals surface area contributed by atoms with E-state index in [4.69, 9.17) is 23.6 Å². The first-order valence-electron chi connectivity index (χ1n) is 4.88. The number of rotatable bonds is 4. The highest BCUT2D eigenvalue weighted by Gasteiger charge is 2.27. The van der Waals surface area contributed by atoms with Gasteiger partial charge in [0.25, 0.3) is 0 Å². The summed E-state index contributed by atoms with van der Waals surface area (Å²) in [4.78, 5) is 0. The van der Waals surface area contributed by atoms with Crippen LogP contribution in [0.1, 0.15) is 25.3 Å². The van der Waals surface area contributed by atoms with E-state index in [2.05, 4.69) is 0 Å². The molecule has 0 radical (unpaired) electrons. The van der Waals surface area contributed by atoms with Gasteiger partial charge < -0.3 is 0 Å². The summed E-state index contributed by atoms with van der Waals surface area (Å²) in [6, 6.07) is 0. The molecule has 1 rings (SSSR count). The Bertz CT molecular complexity index is 394. The van der Waals surface area contributed by atoms with Crippen molar-refractivity contribution >= 4 is 29.2 Å². The van der Waals surface area contributed by atoms with Crippen LogP contribution < -0.4 is 3.94 Å². The zero-order valence-electron chi connectivity index (χ0n) is 8.84. The van der Waals surface area contributed by atoms with Gasteiger partial charge in [-0.25, -0.2) is 17.6 Å². The molecule has 0 atom stereocenters. The van der Waals surface area contributed by atoms with Crippen LogP contribution in [0.5, 0.6) is 0 Å². The van der Waals surface area contributed by atoms with Crippen molar-refractivity contribution in [1.29, 1.82) is 0 Å². The Hall–Kier alpha value is -0.680. The topological polar surface area (TPSA) is 3.24 Å². The van der Waals surface area contributed by atoms with E-state index in [1.54, 1.807) is 6.92 Å². The predicted octanol–water partition coefficient (Wildman–Crippen LogP) is 4.70. The van der Waals surface area contributed by atoms with E-state index in [0.29, 0.717) is 12.8 Å². The van der Waals surface area contributed by atoms with Crippen molar-refractivity contribution in [3.63, 3.8) is 0 Å². The predicted molar refractivity (Wildman–Crippen MR) is 59.1 cm³/mol. The Morgan fingerprint density at radius 2 is 1.41 bits per heavy atom. The Balaban J connectivity index is 3.36. The molecule has 1 nitrogen and oxygen atoms in total. The van der Waals surface area contributed by atoms with Gasteiger partial charge in [0.1, 0.15) is 5.69 Å². The number of unbranched alkanes of at least 4 members (excludes halogenated alkanes) is 1. The summed E-state index contributed by atoms with van der Waals surface area (Å²) in [5, 5.41) is 0. The van der Waals surface area contributed by atoms with Gasteiger partial charge >= 0.3 is 0 Å². The molecule has 0 aliphatic carbocycles. The maximum Gasteiger partial charge on any atom is 0.188 e. The van der Waals surface area contributed by atoms with Gasteiger partial charge in [0.05, 0.1) is 0 Å². The molecule has 0 spiro atoms. The molecule has 0 saturated carbocycles. The first-order chi connectivity index (χ1) is 7.91. The second-order valence-corrected chi connectivity index (χ2v) is 4.27. The van der Waals surface area contributed by atoms with Gasteiger partial charge in [0, 0.05) is 29.1 Å². The molecule has 1 aromatic rings. The normalized spacial score (nSPS) is 10.8. The second-order valence-electron chi connectivity index (χ2n) is 3.42. The molecule has 0 aliphatic rings. The highest BCUT2D eigenvalue weighted by atomic mass is 35.5. The number of halogens is 6. The highest BCUT2D eigenvalue weighted by molar-refractivity contribution is 6.49. The largest absolute Gasteiger partial charge is 0.203 e. The minimum atomic E-state index is -1.60. The fraction of sp³-hybridized carbons (Fsp3) is 0.400. The van der Waals surface area contributed by atoms with Gasteiger partial charge in [-0.15, -0.1) is 0 Å². The number of anilines is 1. The van der Waals surface area contributed by atoms with Crippen molar-refractivity contribution in [2.45, 2.75) is 26.2 Å². The Labute approximate surface area is 106 Å². The summed E-state index contributed by atoms with van der Waals surface area (Å²) in [6.45, 7) is 1.79. The van der Waals surface area contributed by atoms with Crippen LogP contribution in [0, 0.1) is 23.3 Å². The van der Waals surface area contributed by atoms with Gasteiger partial charge in [-0.3, -0.25) is 0 Å². The third-order valence-electron chi connectivity index (χ3n) is 2.28. The molecule has 0 aromatic heterocycles. The van der Waals surface area contributed by atoms with Crippen molar-refractivity contribution in [3.05, 3.63) is 28.8 Å². The molecule has 0 amide bonds. The van der Waals surface area contributed by atoms with Crippen molar-refractivity contribution in [1.82, 2.24) is 0 Å². The molecule has 0 bridgehead atoms. The van der Waals surface area contributed by atoms with Gasteiger partial charge in [-0.2, -0.15) is 3.94 Å². The summed E-state index contributed by atoms with van der Waals surface area (Å²) in [6.07, 6.45) is 0.964. The minimum absolute atomic E-state index is 0.0412. The molecule has 0 heterocycles. The number of hydrogen-bond acceptors (Lipinski definition) is 1. The zero-order chi connectivity index (χ0) is 13.2. The Kier molecular flexibility index (Phi) is 4.89. The number of nitrogens with zero attached hydrogens (tertiary/aromatic N) is 1. The van der Waals surface area contributed by atoms with E-state index in [1.807, 2.05) is 0 Å². The molecule has 0 unspecified atom stereocenters. The lowest BCUT2D eigenvalue weighted by atomic mass is 10.1. The monoisotopic (exact) mass is 289 g/mol. The van der Waals surface area contributed by atoms with Gasteiger partial charge in [-0.1, -0.05) is 13.3 Å².